The zero-order valence-corrected chi connectivity index (χ0v) is 16.7. The second-order valence-corrected chi connectivity index (χ2v) is 6.93. The predicted molar refractivity (Wildman–Crippen MR) is 105 cm³/mol. The molecule has 2 rings (SSSR count). The zero-order chi connectivity index (χ0) is 20.7. The van der Waals surface area contributed by atoms with Crippen molar-refractivity contribution in [3.05, 3.63) is 29.3 Å². The molecule has 156 valence electrons. The molecule has 1 aromatic carbocycles. The summed E-state index contributed by atoms with van der Waals surface area (Å²) >= 11 is 6.05. The van der Waals surface area contributed by atoms with Crippen molar-refractivity contribution in [1.82, 2.24) is 15.1 Å². The SMILES string of the molecule is CCNC(=NCC(=O)N(C)CC(F)(F)F)N1CCN(c2cccc(Cl)c2)CC1. The summed E-state index contributed by atoms with van der Waals surface area (Å²) in [5.74, 6) is -0.146. The van der Waals surface area contributed by atoms with Crippen LogP contribution in [0.4, 0.5) is 18.9 Å². The van der Waals surface area contributed by atoms with Gasteiger partial charge in [-0.05, 0) is 25.1 Å². The van der Waals surface area contributed by atoms with Gasteiger partial charge in [0.1, 0.15) is 13.1 Å². The molecule has 0 unspecified atom stereocenters. The van der Waals surface area contributed by atoms with Crippen LogP contribution in [0.1, 0.15) is 6.92 Å². The van der Waals surface area contributed by atoms with Crippen LogP contribution in [0, 0.1) is 0 Å². The smallest absolute Gasteiger partial charge is 0.368 e. The number of hydrogen-bond donors (Lipinski definition) is 1. The third-order valence-electron chi connectivity index (χ3n) is 4.29. The number of guanidine groups is 1. The van der Waals surface area contributed by atoms with Gasteiger partial charge >= 0.3 is 6.18 Å². The van der Waals surface area contributed by atoms with Crippen molar-refractivity contribution in [2.75, 3.05) is 57.8 Å². The molecule has 0 radical (unpaired) electrons. The number of amides is 1. The van der Waals surface area contributed by atoms with Gasteiger partial charge in [0.05, 0.1) is 0 Å². The van der Waals surface area contributed by atoms with E-state index in [-0.39, 0.29) is 6.54 Å². The fourth-order valence-corrected chi connectivity index (χ4v) is 3.08. The second kappa shape index (κ2) is 9.86. The summed E-state index contributed by atoms with van der Waals surface area (Å²) in [5, 5.41) is 3.78. The van der Waals surface area contributed by atoms with Gasteiger partial charge in [-0.3, -0.25) is 4.79 Å². The first-order valence-corrected chi connectivity index (χ1v) is 9.42. The number of rotatable bonds is 5. The maximum atomic E-state index is 12.4. The fraction of sp³-hybridized carbons (Fsp3) is 0.556. The van der Waals surface area contributed by atoms with Crippen molar-refractivity contribution in [3.8, 4) is 0 Å². The molecule has 1 heterocycles. The maximum absolute atomic E-state index is 12.4. The summed E-state index contributed by atoms with van der Waals surface area (Å²) < 4.78 is 37.2. The van der Waals surface area contributed by atoms with Crippen LogP contribution < -0.4 is 10.2 Å². The first kappa shape index (κ1) is 22.1. The summed E-state index contributed by atoms with van der Waals surface area (Å²) in [4.78, 5) is 21.0. The molecule has 0 aliphatic carbocycles. The molecule has 0 bridgehead atoms. The van der Waals surface area contributed by atoms with Crippen molar-refractivity contribution < 1.29 is 18.0 Å². The molecule has 6 nitrogen and oxygen atoms in total. The molecular weight excluding hydrogens is 395 g/mol. The van der Waals surface area contributed by atoms with Crippen LogP contribution in [0.3, 0.4) is 0 Å². The molecule has 10 heteroatoms. The van der Waals surface area contributed by atoms with E-state index < -0.39 is 18.6 Å². The number of hydrogen-bond acceptors (Lipinski definition) is 3. The number of likely N-dealkylation sites (N-methyl/N-ethyl adjacent to an activating group) is 1. The Bertz CT molecular complexity index is 690. The summed E-state index contributed by atoms with van der Waals surface area (Å²) in [7, 11) is 1.13. The number of aliphatic imine (C=N–C) groups is 1. The van der Waals surface area contributed by atoms with Gasteiger partial charge in [-0.2, -0.15) is 13.2 Å². The molecule has 0 aromatic heterocycles. The molecule has 0 spiro atoms. The van der Waals surface area contributed by atoms with Gasteiger partial charge in [0.15, 0.2) is 5.96 Å². The minimum Gasteiger partial charge on any atom is -0.368 e. The third kappa shape index (κ3) is 6.78. The first-order chi connectivity index (χ1) is 13.2. The number of carbonyl (C=O) groups excluding carboxylic acids is 1. The molecule has 1 aliphatic rings. The van der Waals surface area contributed by atoms with Gasteiger partial charge in [-0.1, -0.05) is 17.7 Å². The van der Waals surface area contributed by atoms with Crippen molar-refractivity contribution in [3.63, 3.8) is 0 Å². The average Bonchev–Trinajstić information content (AvgIpc) is 2.63. The van der Waals surface area contributed by atoms with E-state index in [0.717, 1.165) is 25.8 Å². The molecular formula is C18H25ClF3N5O. The zero-order valence-electron chi connectivity index (χ0n) is 16.0. The number of piperazine rings is 1. The number of nitrogens with one attached hydrogen (secondary N) is 1. The quantitative estimate of drug-likeness (QED) is 0.588. The molecule has 1 saturated heterocycles. The van der Waals surface area contributed by atoms with Gasteiger partial charge < -0.3 is 20.0 Å². The highest BCUT2D eigenvalue weighted by atomic mass is 35.5. The minimum absolute atomic E-state index is 0.330. The van der Waals surface area contributed by atoms with Crippen molar-refractivity contribution >= 4 is 29.2 Å². The highest BCUT2D eigenvalue weighted by Crippen LogP contribution is 2.21. The van der Waals surface area contributed by atoms with Crippen LogP contribution in [0.15, 0.2) is 29.3 Å². The van der Waals surface area contributed by atoms with E-state index in [0.29, 0.717) is 35.5 Å². The Balaban J connectivity index is 1.95. The Hall–Kier alpha value is -2.16. The lowest BCUT2D eigenvalue weighted by atomic mass is 10.2. The lowest BCUT2D eigenvalue weighted by molar-refractivity contribution is -0.157. The molecule has 1 N–H and O–H groups in total. The summed E-state index contributed by atoms with van der Waals surface area (Å²) in [6, 6.07) is 7.63. The lowest BCUT2D eigenvalue weighted by Gasteiger charge is -2.37. The molecule has 28 heavy (non-hydrogen) atoms. The Kier molecular flexibility index (Phi) is 7.79. The van der Waals surface area contributed by atoms with Crippen molar-refractivity contribution in [1.29, 1.82) is 0 Å². The van der Waals surface area contributed by atoms with Gasteiger partial charge in [-0.25, -0.2) is 4.99 Å². The van der Waals surface area contributed by atoms with E-state index in [2.05, 4.69) is 15.2 Å². The summed E-state index contributed by atoms with van der Waals surface area (Å²) in [5.41, 5.74) is 1.04. The Morgan fingerprint density at radius 1 is 1.29 bits per heavy atom. The van der Waals surface area contributed by atoms with E-state index in [1.165, 1.54) is 0 Å². The molecule has 0 saturated carbocycles. The molecule has 1 fully saturated rings. The summed E-state index contributed by atoms with van der Waals surface area (Å²) in [6.07, 6.45) is -4.42. The van der Waals surface area contributed by atoms with E-state index in [1.807, 2.05) is 36.1 Å². The van der Waals surface area contributed by atoms with Gasteiger partial charge in [0.25, 0.3) is 0 Å². The average molecular weight is 420 g/mol. The minimum atomic E-state index is -4.42. The van der Waals surface area contributed by atoms with Crippen molar-refractivity contribution in [2.45, 2.75) is 13.1 Å². The number of carbonyl (C=O) groups is 1. The van der Waals surface area contributed by atoms with Gasteiger partial charge in [0, 0.05) is 50.5 Å². The third-order valence-corrected chi connectivity index (χ3v) is 4.53. The normalized spacial score (nSPS) is 15.6. The van der Waals surface area contributed by atoms with Crippen LogP contribution in [-0.4, -0.2) is 80.7 Å². The van der Waals surface area contributed by atoms with Crippen LogP contribution in [0.5, 0.6) is 0 Å². The topological polar surface area (TPSA) is 51.2 Å². The first-order valence-electron chi connectivity index (χ1n) is 9.04. The van der Waals surface area contributed by atoms with E-state index in [4.69, 9.17) is 11.6 Å². The van der Waals surface area contributed by atoms with Crippen molar-refractivity contribution in [2.24, 2.45) is 4.99 Å². The Morgan fingerprint density at radius 3 is 2.54 bits per heavy atom. The van der Waals surface area contributed by atoms with Crippen LogP contribution in [0.25, 0.3) is 0 Å². The molecule has 1 aliphatic heterocycles. The van der Waals surface area contributed by atoms with E-state index in [1.54, 1.807) is 0 Å². The highest BCUT2D eigenvalue weighted by molar-refractivity contribution is 6.30. The number of halogens is 4. The largest absolute Gasteiger partial charge is 0.406 e. The van der Waals surface area contributed by atoms with Crippen LogP contribution >= 0.6 is 11.6 Å². The summed E-state index contributed by atoms with van der Waals surface area (Å²) in [6.45, 7) is 3.71. The van der Waals surface area contributed by atoms with Crippen LogP contribution in [0.2, 0.25) is 5.02 Å². The predicted octanol–water partition coefficient (Wildman–Crippen LogP) is 2.45. The maximum Gasteiger partial charge on any atom is 0.406 e. The standard InChI is InChI=1S/C18H25ClF3N5O/c1-3-23-17(24-12-16(28)25(2)13-18(20,21)22)27-9-7-26(8-10-27)15-6-4-5-14(19)11-15/h4-6,11H,3,7-10,12-13H2,1-2H3,(H,23,24). The Labute approximate surface area is 167 Å². The Morgan fingerprint density at radius 2 is 1.96 bits per heavy atom. The number of alkyl halides is 3. The van der Waals surface area contributed by atoms with Crippen LogP contribution in [-0.2, 0) is 4.79 Å². The lowest BCUT2D eigenvalue weighted by Crippen LogP contribution is -2.52. The van der Waals surface area contributed by atoms with E-state index >= 15 is 0 Å². The molecule has 1 aromatic rings. The fourth-order valence-electron chi connectivity index (χ4n) is 2.90. The number of nitrogens with zero attached hydrogens (tertiary/aromatic N) is 4. The monoisotopic (exact) mass is 419 g/mol. The molecule has 1 amide bonds. The van der Waals surface area contributed by atoms with Gasteiger partial charge in [0.2, 0.25) is 5.91 Å². The van der Waals surface area contributed by atoms with Gasteiger partial charge in [-0.15, -0.1) is 0 Å². The molecule has 0 atom stereocenters. The number of anilines is 1. The second-order valence-electron chi connectivity index (χ2n) is 6.49. The number of benzene rings is 1. The van der Waals surface area contributed by atoms with E-state index in [9.17, 15) is 18.0 Å². The highest BCUT2D eigenvalue weighted by Gasteiger charge is 2.31.